The Kier molecular flexibility index (Phi) is 4.87. The van der Waals surface area contributed by atoms with Gasteiger partial charge in [0.05, 0.1) is 26.0 Å². The third kappa shape index (κ3) is 3.37. The molecule has 2 rings (SSSR count). The number of rotatable bonds is 5. The Morgan fingerprint density at radius 3 is 2.81 bits per heavy atom. The van der Waals surface area contributed by atoms with E-state index < -0.39 is 11.8 Å². The largest absolute Gasteiger partial charge is 0.464 e. The number of aromatic nitrogens is 3. The van der Waals surface area contributed by atoms with Gasteiger partial charge in [-0.15, -0.1) is 5.10 Å². The first-order chi connectivity index (χ1) is 10.1. The molecule has 1 heterocycles. The fourth-order valence-electron chi connectivity index (χ4n) is 1.81. The predicted molar refractivity (Wildman–Crippen MR) is 72.6 cm³/mol. The predicted octanol–water partition coefficient (Wildman–Crippen LogP) is 2.05. The number of ether oxygens (including phenoxy) is 2. The van der Waals surface area contributed by atoms with Crippen molar-refractivity contribution in [3.05, 3.63) is 46.0 Å². The SMILES string of the molecule is COCc1c(C(=O)OC)nnn1Cc1ccc(Cl)cc1F. The molecule has 6 nitrogen and oxygen atoms in total. The highest BCUT2D eigenvalue weighted by atomic mass is 35.5. The standard InChI is InChI=1S/C13H13ClFN3O3/c1-20-7-11-12(13(19)21-2)16-17-18(11)6-8-3-4-9(14)5-10(8)15/h3-5H,6-7H2,1-2H3. The number of hydrogen-bond donors (Lipinski definition) is 0. The van der Waals surface area contributed by atoms with E-state index in [-0.39, 0.29) is 18.8 Å². The molecule has 0 atom stereocenters. The summed E-state index contributed by atoms with van der Waals surface area (Å²) >= 11 is 5.71. The molecule has 0 amide bonds. The molecule has 0 bridgehead atoms. The van der Waals surface area contributed by atoms with Crippen molar-refractivity contribution < 1.29 is 18.7 Å². The zero-order valence-corrected chi connectivity index (χ0v) is 12.2. The van der Waals surface area contributed by atoms with E-state index in [4.69, 9.17) is 16.3 Å². The van der Waals surface area contributed by atoms with Crippen LogP contribution in [0.25, 0.3) is 0 Å². The van der Waals surface area contributed by atoms with E-state index >= 15 is 0 Å². The molecule has 0 aliphatic heterocycles. The van der Waals surface area contributed by atoms with Gasteiger partial charge in [-0.05, 0) is 12.1 Å². The minimum absolute atomic E-state index is 0.0497. The summed E-state index contributed by atoms with van der Waals surface area (Å²) in [6.07, 6.45) is 0. The zero-order valence-electron chi connectivity index (χ0n) is 11.5. The number of benzene rings is 1. The van der Waals surface area contributed by atoms with Gasteiger partial charge >= 0.3 is 5.97 Å². The van der Waals surface area contributed by atoms with Gasteiger partial charge in [0, 0.05) is 17.7 Å². The van der Waals surface area contributed by atoms with E-state index in [1.165, 1.54) is 25.0 Å². The Hall–Kier alpha value is -1.99. The maximum Gasteiger partial charge on any atom is 0.360 e. The first kappa shape index (κ1) is 15.4. The van der Waals surface area contributed by atoms with E-state index in [9.17, 15) is 9.18 Å². The van der Waals surface area contributed by atoms with Crippen LogP contribution in [0.4, 0.5) is 4.39 Å². The molecular weight excluding hydrogens is 301 g/mol. The van der Waals surface area contributed by atoms with E-state index in [1.807, 2.05) is 0 Å². The molecule has 112 valence electrons. The van der Waals surface area contributed by atoms with Gasteiger partial charge in [0.1, 0.15) is 5.82 Å². The Balaban J connectivity index is 2.35. The molecule has 1 aromatic heterocycles. The lowest BCUT2D eigenvalue weighted by molar-refractivity contribution is 0.0588. The molecule has 0 saturated heterocycles. The first-order valence-electron chi connectivity index (χ1n) is 6.00. The fourth-order valence-corrected chi connectivity index (χ4v) is 1.96. The van der Waals surface area contributed by atoms with Crippen molar-refractivity contribution in [2.45, 2.75) is 13.2 Å². The van der Waals surface area contributed by atoms with Crippen molar-refractivity contribution in [2.75, 3.05) is 14.2 Å². The van der Waals surface area contributed by atoms with Gasteiger partial charge < -0.3 is 9.47 Å². The maximum absolute atomic E-state index is 13.8. The summed E-state index contributed by atoms with van der Waals surface area (Å²) in [5.41, 5.74) is 0.838. The molecule has 0 aliphatic carbocycles. The van der Waals surface area contributed by atoms with Crippen LogP contribution in [0.5, 0.6) is 0 Å². The number of carbonyl (C=O) groups is 1. The average molecular weight is 314 g/mol. The third-order valence-electron chi connectivity index (χ3n) is 2.83. The number of carbonyl (C=O) groups excluding carboxylic acids is 1. The lowest BCUT2D eigenvalue weighted by atomic mass is 10.2. The Bertz CT molecular complexity index is 660. The van der Waals surface area contributed by atoms with Gasteiger partial charge in [0.15, 0.2) is 5.69 Å². The second kappa shape index (κ2) is 6.64. The maximum atomic E-state index is 13.8. The number of halogens is 2. The Labute approximate surface area is 125 Å². The van der Waals surface area contributed by atoms with Gasteiger partial charge in [-0.2, -0.15) is 0 Å². The molecule has 1 aromatic carbocycles. The molecule has 0 N–H and O–H groups in total. The quantitative estimate of drug-likeness (QED) is 0.790. The Morgan fingerprint density at radius 2 is 2.19 bits per heavy atom. The summed E-state index contributed by atoms with van der Waals surface area (Å²) < 4.78 is 24.9. The normalized spacial score (nSPS) is 10.7. The van der Waals surface area contributed by atoms with Crippen molar-refractivity contribution in [3.63, 3.8) is 0 Å². The van der Waals surface area contributed by atoms with Crippen LogP contribution in [-0.2, 0) is 22.6 Å². The molecular formula is C13H13ClFN3O3. The number of methoxy groups -OCH3 is 2. The number of esters is 1. The fraction of sp³-hybridized carbons (Fsp3) is 0.308. The highest BCUT2D eigenvalue weighted by Crippen LogP contribution is 2.17. The lowest BCUT2D eigenvalue weighted by Crippen LogP contribution is -2.12. The van der Waals surface area contributed by atoms with Crippen molar-refractivity contribution in [3.8, 4) is 0 Å². The van der Waals surface area contributed by atoms with Gasteiger partial charge in [0.2, 0.25) is 0 Å². The van der Waals surface area contributed by atoms with E-state index in [2.05, 4.69) is 15.0 Å². The number of nitrogens with zero attached hydrogens (tertiary/aromatic N) is 3. The summed E-state index contributed by atoms with van der Waals surface area (Å²) in [5.74, 6) is -1.08. The van der Waals surface area contributed by atoms with Crippen molar-refractivity contribution in [2.24, 2.45) is 0 Å². The molecule has 0 unspecified atom stereocenters. The van der Waals surface area contributed by atoms with Gasteiger partial charge in [0.25, 0.3) is 0 Å². The molecule has 0 radical (unpaired) electrons. The molecule has 0 saturated carbocycles. The van der Waals surface area contributed by atoms with Gasteiger partial charge in [-0.1, -0.05) is 22.9 Å². The van der Waals surface area contributed by atoms with Crippen LogP contribution in [0, 0.1) is 5.82 Å². The van der Waals surface area contributed by atoms with Crippen LogP contribution in [0.3, 0.4) is 0 Å². The monoisotopic (exact) mass is 313 g/mol. The molecule has 0 aliphatic rings. The topological polar surface area (TPSA) is 66.2 Å². The Morgan fingerprint density at radius 1 is 1.43 bits per heavy atom. The van der Waals surface area contributed by atoms with Crippen LogP contribution >= 0.6 is 11.6 Å². The van der Waals surface area contributed by atoms with E-state index in [0.717, 1.165) is 0 Å². The third-order valence-corrected chi connectivity index (χ3v) is 3.07. The highest BCUT2D eigenvalue weighted by molar-refractivity contribution is 6.30. The summed E-state index contributed by atoms with van der Waals surface area (Å²) in [6.45, 7) is 0.207. The minimum atomic E-state index is -0.620. The summed E-state index contributed by atoms with van der Waals surface area (Å²) in [5, 5.41) is 7.92. The lowest BCUT2D eigenvalue weighted by Gasteiger charge is -2.08. The summed E-state index contributed by atoms with van der Waals surface area (Å²) in [6, 6.07) is 4.34. The highest BCUT2D eigenvalue weighted by Gasteiger charge is 2.20. The van der Waals surface area contributed by atoms with Gasteiger partial charge in [-0.3, -0.25) is 0 Å². The minimum Gasteiger partial charge on any atom is -0.464 e. The molecule has 0 spiro atoms. The smallest absolute Gasteiger partial charge is 0.360 e. The average Bonchev–Trinajstić information content (AvgIpc) is 2.84. The van der Waals surface area contributed by atoms with Crippen molar-refractivity contribution in [1.82, 2.24) is 15.0 Å². The molecule has 2 aromatic rings. The number of hydrogen-bond acceptors (Lipinski definition) is 5. The second-order valence-electron chi connectivity index (χ2n) is 4.20. The van der Waals surface area contributed by atoms with Crippen molar-refractivity contribution >= 4 is 17.6 Å². The zero-order chi connectivity index (χ0) is 15.4. The summed E-state index contributed by atoms with van der Waals surface area (Å²) in [4.78, 5) is 11.6. The molecule has 8 heteroatoms. The van der Waals surface area contributed by atoms with Crippen LogP contribution in [-0.4, -0.2) is 35.2 Å². The van der Waals surface area contributed by atoms with E-state index in [0.29, 0.717) is 16.3 Å². The second-order valence-corrected chi connectivity index (χ2v) is 4.64. The molecule has 0 fully saturated rings. The summed E-state index contributed by atoms with van der Waals surface area (Å²) in [7, 11) is 2.72. The van der Waals surface area contributed by atoms with Crippen molar-refractivity contribution in [1.29, 1.82) is 0 Å². The van der Waals surface area contributed by atoms with Crippen LogP contribution in [0.15, 0.2) is 18.2 Å². The van der Waals surface area contributed by atoms with Crippen LogP contribution in [0.2, 0.25) is 5.02 Å². The van der Waals surface area contributed by atoms with Crippen LogP contribution < -0.4 is 0 Å². The first-order valence-corrected chi connectivity index (χ1v) is 6.38. The van der Waals surface area contributed by atoms with Crippen LogP contribution in [0.1, 0.15) is 21.7 Å². The molecule has 21 heavy (non-hydrogen) atoms. The van der Waals surface area contributed by atoms with Gasteiger partial charge in [-0.25, -0.2) is 13.9 Å². The van der Waals surface area contributed by atoms with E-state index in [1.54, 1.807) is 12.1 Å².